The number of aliphatic hydroxyl groups is 2. The Balaban J connectivity index is 0.000000271. The number of benzene rings is 2. The van der Waals surface area contributed by atoms with Gasteiger partial charge in [-0.3, -0.25) is 0 Å². The maximum absolute atomic E-state index is 9.41. The summed E-state index contributed by atoms with van der Waals surface area (Å²) in [6.07, 6.45) is 1.44. The van der Waals surface area contributed by atoms with Gasteiger partial charge in [-0.2, -0.15) is 10.2 Å². The molecule has 0 radical (unpaired) electrons. The van der Waals surface area contributed by atoms with E-state index in [-0.39, 0.29) is 43.4 Å². The highest BCUT2D eigenvalue weighted by Gasteiger charge is 2.16. The number of hydrogen-bond donors (Lipinski definition) is 4. The number of nitrogens with two attached hydrogens (primary N) is 2. The smallest absolute Gasteiger partial charge is 0.222 e. The van der Waals surface area contributed by atoms with Crippen molar-refractivity contribution in [3.63, 3.8) is 0 Å². The Hall–Kier alpha value is -2.41. The number of anilines is 2. The highest BCUT2D eigenvalue weighted by atomic mass is 127. The van der Waals surface area contributed by atoms with Crippen LogP contribution in [-0.2, 0) is 0 Å². The van der Waals surface area contributed by atoms with E-state index in [2.05, 4.69) is 55.1 Å². The molecule has 3 aromatic rings. The van der Waals surface area contributed by atoms with Crippen molar-refractivity contribution >= 4 is 56.9 Å². The summed E-state index contributed by atoms with van der Waals surface area (Å²) in [5, 5.41) is 27.1. The van der Waals surface area contributed by atoms with Crippen LogP contribution in [-0.4, -0.2) is 40.0 Å². The first-order chi connectivity index (χ1) is 17.5. The van der Waals surface area contributed by atoms with E-state index in [4.69, 9.17) is 26.2 Å². The summed E-state index contributed by atoms with van der Waals surface area (Å²) in [6, 6.07) is 9.78. The molecule has 1 aromatic heterocycles. The normalized spacial score (nSPS) is 12.1. The molecule has 2 unspecified atom stereocenters. The first kappa shape index (κ1) is 30.8. The first-order valence-corrected chi connectivity index (χ1v) is 13.5. The zero-order valence-electron chi connectivity index (χ0n) is 21.1. The van der Waals surface area contributed by atoms with E-state index in [1.807, 2.05) is 58.0 Å². The van der Waals surface area contributed by atoms with Crippen LogP contribution in [0.15, 0.2) is 30.5 Å². The van der Waals surface area contributed by atoms with E-state index >= 15 is 0 Å². The Morgan fingerprint density at radius 1 is 0.919 bits per heavy atom. The van der Waals surface area contributed by atoms with E-state index in [0.29, 0.717) is 17.2 Å². The van der Waals surface area contributed by atoms with Crippen LogP contribution in [0.2, 0.25) is 0 Å². The van der Waals surface area contributed by atoms with Gasteiger partial charge in [-0.05, 0) is 87.9 Å². The molecule has 0 spiro atoms. The van der Waals surface area contributed by atoms with Gasteiger partial charge in [0.25, 0.3) is 0 Å². The predicted molar refractivity (Wildman–Crippen MR) is 161 cm³/mol. The van der Waals surface area contributed by atoms with Gasteiger partial charge in [-0.1, -0.05) is 26.0 Å². The van der Waals surface area contributed by atoms with E-state index in [1.165, 1.54) is 6.20 Å². The third kappa shape index (κ3) is 8.56. The van der Waals surface area contributed by atoms with Crippen LogP contribution in [0.1, 0.15) is 47.9 Å². The zero-order valence-corrected chi connectivity index (χ0v) is 25.4. The quantitative estimate of drug-likeness (QED) is 0.233. The summed E-state index contributed by atoms with van der Waals surface area (Å²) in [7, 11) is 0. The van der Waals surface area contributed by atoms with Gasteiger partial charge in [0, 0.05) is 37.8 Å². The Labute approximate surface area is 244 Å². The maximum atomic E-state index is 9.41. The average molecular weight is 731 g/mol. The van der Waals surface area contributed by atoms with E-state index < -0.39 is 0 Å². The predicted octanol–water partition coefficient (Wildman–Crippen LogP) is 5.04. The molecular formula is C26H31I2N5O4. The Kier molecular flexibility index (Phi) is 12.1. The van der Waals surface area contributed by atoms with Crippen molar-refractivity contribution in [1.29, 1.82) is 5.26 Å². The molecule has 3 rings (SSSR count). The van der Waals surface area contributed by atoms with Gasteiger partial charge in [0.2, 0.25) is 5.95 Å². The molecule has 2 aromatic carbocycles. The number of nitrogen functional groups attached to an aromatic ring is 2. The van der Waals surface area contributed by atoms with E-state index in [1.54, 1.807) is 0 Å². The van der Waals surface area contributed by atoms with Crippen LogP contribution in [0, 0.1) is 32.3 Å². The minimum Gasteiger partial charge on any atom is -0.478 e. The molecule has 0 aliphatic carbocycles. The summed E-state index contributed by atoms with van der Waals surface area (Å²) >= 11 is 4.46. The number of nitrogens with zero attached hydrogens (tertiary/aromatic N) is 3. The maximum Gasteiger partial charge on any atom is 0.222 e. The molecule has 37 heavy (non-hydrogen) atoms. The molecule has 0 saturated heterocycles. The lowest BCUT2D eigenvalue weighted by Crippen LogP contribution is -2.05. The van der Waals surface area contributed by atoms with Gasteiger partial charge in [0.15, 0.2) is 18.2 Å². The fourth-order valence-electron chi connectivity index (χ4n) is 3.26. The fraction of sp³-hybridized carbons (Fsp3) is 0.346. The van der Waals surface area contributed by atoms with Gasteiger partial charge < -0.3 is 31.2 Å². The van der Waals surface area contributed by atoms with Crippen molar-refractivity contribution in [3.8, 4) is 23.3 Å². The topological polar surface area (TPSA) is 161 Å². The second-order valence-corrected chi connectivity index (χ2v) is 10.8. The number of aryl methyl sites for hydroxylation is 2. The van der Waals surface area contributed by atoms with Crippen molar-refractivity contribution in [2.45, 2.75) is 39.5 Å². The zero-order chi connectivity index (χ0) is 27.7. The van der Waals surface area contributed by atoms with Crippen molar-refractivity contribution in [2.24, 2.45) is 0 Å². The van der Waals surface area contributed by atoms with Crippen LogP contribution >= 0.6 is 45.2 Å². The lowest BCUT2D eigenvalue weighted by Gasteiger charge is -2.17. The highest BCUT2D eigenvalue weighted by molar-refractivity contribution is 14.1. The number of halogens is 2. The lowest BCUT2D eigenvalue weighted by atomic mass is 9.99. The molecule has 0 amide bonds. The molecule has 0 bridgehead atoms. The summed E-state index contributed by atoms with van der Waals surface area (Å²) < 4.78 is 13.4. The number of nitriles is 1. The summed E-state index contributed by atoms with van der Waals surface area (Å²) in [5.41, 5.74) is 15.4. The molecule has 2 atom stereocenters. The van der Waals surface area contributed by atoms with Gasteiger partial charge in [0.05, 0.1) is 6.20 Å². The molecule has 0 saturated carbocycles. The molecular weight excluding hydrogens is 700 g/mol. The average Bonchev–Trinajstić information content (AvgIpc) is 2.87. The molecule has 198 valence electrons. The van der Waals surface area contributed by atoms with Crippen LogP contribution in [0.4, 0.5) is 11.8 Å². The van der Waals surface area contributed by atoms with E-state index in [9.17, 15) is 10.2 Å². The van der Waals surface area contributed by atoms with Gasteiger partial charge in [-0.25, -0.2) is 4.98 Å². The monoisotopic (exact) mass is 731 g/mol. The second kappa shape index (κ2) is 14.5. The number of aromatic nitrogens is 2. The minimum absolute atomic E-state index is 0.0180. The standard InChI is InChI=1S/C14H17IN4O2.C12H14INO2/c1-7-3-9(8(2)6-20)11(4-10(7)15)21-12-5-18-14(17)19-13(12)16;1-8-5-10(9(2)7-15)12(6-11(8)13)16-4-3-14/h3-5,8,20H,6H2,1-2H3,(H4,16,17,18,19);5-6,9,15H,4,7H2,1-2H3. The Morgan fingerprint density at radius 2 is 1.43 bits per heavy atom. The van der Waals surface area contributed by atoms with E-state index in [0.717, 1.165) is 29.4 Å². The van der Waals surface area contributed by atoms with Gasteiger partial charge in [-0.15, -0.1) is 0 Å². The molecule has 1 heterocycles. The van der Waals surface area contributed by atoms with Gasteiger partial charge in [0.1, 0.15) is 17.6 Å². The Morgan fingerprint density at radius 3 is 1.92 bits per heavy atom. The Bertz CT molecular complexity index is 1270. The largest absolute Gasteiger partial charge is 0.478 e. The fourth-order valence-corrected chi connectivity index (χ4v) is 4.13. The van der Waals surface area contributed by atoms with Crippen molar-refractivity contribution in [3.05, 3.63) is 59.9 Å². The molecule has 0 aliphatic rings. The number of aliphatic hydroxyl groups excluding tert-OH is 2. The first-order valence-electron chi connectivity index (χ1n) is 11.4. The lowest BCUT2D eigenvalue weighted by molar-refractivity contribution is 0.268. The second-order valence-electron chi connectivity index (χ2n) is 8.47. The summed E-state index contributed by atoms with van der Waals surface area (Å²) in [6.45, 7) is 8.03. The third-order valence-corrected chi connectivity index (χ3v) is 7.83. The molecule has 6 N–H and O–H groups in total. The highest BCUT2D eigenvalue weighted by Crippen LogP contribution is 2.35. The van der Waals surface area contributed by atoms with Gasteiger partial charge >= 0.3 is 0 Å². The number of rotatable bonds is 8. The van der Waals surface area contributed by atoms with Crippen molar-refractivity contribution < 1.29 is 19.7 Å². The molecule has 0 aliphatic heterocycles. The third-order valence-electron chi connectivity index (χ3n) is 5.51. The summed E-state index contributed by atoms with van der Waals surface area (Å²) in [4.78, 5) is 7.75. The number of hydrogen-bond acceptors (Lipinski definition) is 9. The van der Waals surface area contributed by atoms with Crippen molar-refractivity contribution in [1.82, 2.24) is 9.97 Å². The van der Waals surface area contributed by atoms with Crippen LogP contribution in [0.5, 0.6) is 17.2 Å². The van der Waals surface area contributed by atoms with Crippen LogP contribution < -0.4 is 20.9 Å². The number of ether oxygens (including phenoxy) is 2. The minimum atomic E-state index is -0.0494. The SMILES string of the molecule is Cc1cc(C(C)CO)c(OCC#N)cc1I.Cc1cc(C(C)CO)c(Oc2cnc(N)nc2N)cc1I. The molecule has 0 fully saturated rings. The summed E-state index contributed by atoms with van der Waals surface area (Å²) in [5.74, 6) is 1.92. The van der Waals surface area contributed by atoms with Crippen LogP contribution in [0.25, 0.3) is 0 Å². The van der Waals surface area contributed by atoms with Crippen molar-refractivity contribution in [2.75, 3.05) is 31.3 Å². The molecule has 9 nitrogen and oxygen atoms in total. The van der Waals surface area contributed by atoms with Crippen LogP contribution in [0.3, 0.4) is 0 Å². The molecule has 11 heteroatoms.